The molecule has 1 aromatic carbocycles. The van der Waals surface area contributed by atoms with Crippen LogP contribution in [-0.4, -0.2) is 26.8 Å². The second kappa shape index (κ2) is 6.65. The Morgan fingerprint density at radius 3 is 2.72 bits per heavy atom. The SMILES string of the molecule is CN(CC1CCOCC1)c1cc(Cl)ccc1CCl. The molecule has 1 aromatic rings. The van der Waals surface area contributed by atoms with Crippen LogP contribution in [0.1, 0.15) is 18.4 Å². The highest BCUT2D eigenvalue weighted by molar-refractivity contribution is 6.31. The van der Waals surface area contributed by atoms with E-state index in [1.54, 1.807) is 0 Å². The fraction of sp³-hybridized carbons (Fsp3) is 0.571. The molecule has 0 aromatic heterocycles. The topological polar surface area (TPSA) is 12.5 Å². The zero-order valence-electron chi connectivity index (χ0n) is 10.7. The van der Waals surface area contributed by atoms with Crippen LogP contribution in [-0.2, 0) is 10.6 Å². The first kappa shape index (κ1) is 14.0. The molecule has 100 valence electrons. The summed E-state index contributed by atoms with van der Waals surface area (Å²) in [6.45, 7) is 2.81. The third-order valence-corrected chi connectivity index (χ3v) is 4.00. The Labute approximate surface area is 119 Å². The highest BCUT2D eigenvalue weighted by Gasteiger charge is 2.17. The van der Waals surface area contributed by atoms with Gasteiger partial charge in [0.1, 0.15) is 0 Å². The van der Waals surface area contributed by atoms with E-state index in [-0.39, 0.29) is 0 Å². The van der Waals surface area contributed by atoms with Crippen LogP contribution in [0.4, 0.5) is 5.69 Å². The molecular weight excluding hydrogens is 269 g/mol. The summed E-state index contributed by atoms with van der Waals surface area (Å²) in [6, 6.07) is 5.90. The van der Waals surface area contributed by atoms with E-state index in [1.165, 1.54) is 0 Å². The molecule has 0 bridgehead atoms. The molecule has 0 spiro atoms. The van der Waals surface area contributed by atoms with Crippen molar-refractivity contribution in [3.8, 4) is 0 Å². The van der Waals surface area contributed by atoms with Gasteiger partial charge in [-0.25, -0.2) is 0 Å². The van der Waals surface area contributed by atoms with E-state index >= 15 is 0 Å². The van der Waals surface area contributed by atoms with Crippen molar-refractivity contribution in [1.82, 2.24) is 0 Å². The number of hydrogen-bond donors (Lipinski definition) is 0. The Morgan fingerprint density at radius 2 is 2.06 bits per heavy atom. The van der Waals surface area contributed by atoms with Gasteiger partial charge in [0.25, 0.3) is 0 Å². The largest absolute Gasteiger partial charge is 0.381 e. The minimum Gasteiger partial charge on any atom is -0.381 e. The Balaban J connectivity index is 2.07. The molecule has 2 nitrogen and oxygen atoms in total. The first-order valence-corrected chi connectivity index (χ1v) is 7.25. The first-order chi connectivity index (χ1) is 8.70. The fourth-order valence-corrected chi connectivity index (χ4v) is 2.81. The van der Waals surface area contributed by atoms with E-state index in [1.807, 2.05) is 18.2 Å². The maximum atomic E-state index is 6.07. The van der Waals surface area contributed by atoms with E-state index in [4.69, 9.17) is 27.9 Å². The highest BCUT2D eigenvalue weighted by atomic mass is 35.5. The Hall–Kier alpha value is -0.440. The van der Waals surface area contributed by atoms with Crippen molar-refractivity contribution in [2.75, 3.05) is 31.7 Å². The van der Waals surface area contributed by atoms with E-state index < -0.39 is 0 Å². The molecule has 0 radical (unpaired) electrons. The lowest BCUT2D eigenvalue weighted by atomic mass is 9.99. The molecular formula is C14H19Cl2NO. The van der Waals surface area contributed by atoms with Gasteiger partial charge < -0.3 is 9.64 Å². The van der Waals surface area contributed by atoms with Gasteiger partial charge in [0.2, 0.25) is 0 Å². The van der Waals surface area contributed by atoms with Crippen LogP contribution in [0.3, 0.4) is 0 Å². The van der Waals surface area contributed by atoms with Gasteiger partial charge in [-0.2, -0.15) is 0 Å². The van der Waals surface area contributed by atoms with Crippen molar-refractivity contribution < 1.29 is 4.74 Å². The summed E-state index contributed by atoms with van der Waals surface area (Å²) < 4.78 is 5.39. The fourth-order valence-electron chi connectivity index (χ4n) is 2.42. The predicted octanol–water partition coefficient (Wildman–Crippen LogP) is 3.94. The smallest absolute Gasteiger partial charge is 0.0494 e. The van der Waals surface area contributed by atoms with E-state index in [0.717, 1.165) is 48.9 Å². The van der Waals surface area contributed by atoms with Crippen molar-refractivity contribution in [1.29, 1.82) is 0 Å². The second-order valence-electron chi connectivity index (χ2n) is 4.84. The normalized spacial score (nSPS) is 16.8. The van der Waals surface area contributed by atoms with Crippen LogP contribution in [0.5, 0.6) is 0 Å². The summed E-state index contributed by atoms with van der Waals surface area (Å²) >= 11 is 12.1. The van der Waals surface area contributed by atoms with Crippen LogP contribution < -0.4 is 4.90 Å². The van der Waals surface area contributed by atoms with Crippen molar-refractivity contribution >= 4 is 28.9 Å². The summed E-state index contributed by atoms with van der Waals surface area (Å²) in [4.78, 5) is 2.26. The van der Waals surface area contributed by atoms with E-state index in [0.29, 0.717) is 11.8 Å². The molecule has 0 amide bonds. The molecule has 1 heterocycles. The lowest BCUT2D eigenvalue weighted by Gasteiger charge is -2.29. The molecule has 1 fully saturated rings. The molecule has 4 heteroatoms. The second-order valence-corrected chi connectivity index (χ2v) is 5.55. The third kappa shape index (κ3) is 3.53. The number of alkyl halides is 1. The van der Waals surface area contributed by atoms with Crippen LogP contribution in [0.15, 0.2) is 18.2 Å². The first-order valence-electron chi connectivity index (χ1n) is 6.34. The average molecular weight is 288 g/mol. The van der Waals surface area contributed by atoms with Crippen LogP contribution >= 0.6 is 23.2 Å². The van der Waals surface area contributed by atoms with Crippen LogP contribution in [0.25, 0.3) is 0 Å². The molecule has 0 aliphatic carbocycles. The lowest BCUT2D eigenvalue weighted by molar-refractivity contribution is 0.0685. The predicted molar refractivity (Wildman–Crippen MR) is 77.8 cm³/mol. The van der Waals surface area contributed by atoms with Gasteiger partial charge in [-0.05, 0) is 36.5 Å². The van der Waals surface area contributed by atoms with Crippen LogP contribution in [0.2, 0.25) is 5.02 Å². The summed E-state index contributed by atoms with van der Waals surface area (Å²) in [6.07, 6.45) is 2.28. The van der Waals surface area contributed by atoms with Crippen molar-refractivity contribution in [2.45, 2.75) is 18.7 Å². The molecule has 1 aliphatic heterocycles. The molecule has 1 saturated heterocycles. The van der Waals surface area contributed by atoms with Gasteiger partial charge in [-0.1, -0.05) is 17.7 Å². The Morgan fingerprint density at radius 1 is 1.33 bits per heavy atom. The number of benzene rings is 1. The van der Waals surface area contributed by atoms with Crippen LogP contribution in [0, 0.1) is 5.92 Å². The molecule has 18 heavy (non-hydrogen) atoms. The van der Waals surface area contributed by atoms with Gasteiger partial charge in [0.05, 0.1) is 0 Å². The van der Waals surface area contributed by atoms with Gasteiger partial charge in [0.15, 0.2) is 0 Å². The molecule has 0 atom stereocenters. The lowest BCUT2D eigenvalue weighted by Crippen LogP contribution is -2.30. The van der Waals surface area contributed by atoms with Crippen molar-refractivity contribution in [3.63, 3.8) is 0 Å². The summed E-state index contributed by atoms with van der Waals surface area (Å²) in [5.41, 5.74) is 2.28. The van der Waals surface area contributed by atoms with Crippen molar-refractivity contribution in [3.05, 3.63) is 28.8 Å². The quantitative estimate of drug-likeness (QED) is 0.778. The van der Waals surface area contributed by atoms with Gasteiger partial charge >= 0.3 is 0 Å². The summed E-state index contributed by atoms with van der Waals surface area (Å²) in [5.74, 6) is 1.22. The summed E-state index contributed by atoms with van der Waals surface area (Å²) in [5, 5.41) is 0.762. The molecule has 0 saturated carbocycles. The zero-order valence-corrected chi connectivity index (χ0v) is 12.2. The highest BCUT2D eigenvalue weighted by Crippen LogP contribution is 2.27. The zero-order chi connectivity index (χ0) is 13.0. The molecule has 0 N–H and O–H groups in total. The number of hydrogen-bond acceptors (Lipinski definition) is 2. The van der Waals surface area contributed by atoms with Gasteiger partial charge in [0, 0.05) is 43.4 Å². The Bertz CT molecular complexity index is 391. The minimum absolute atomic E-state index is 0.518. The summed E-state index contributed by atoms with van der Waals surface area (Å²) in [7, 11) is 2.11. The average Bonchev–Trinajstić information content (AvgIpc) is 2.40. The van der Waals surface area contributed by atoms with Crippen molar-refractivity contribution in [2.24, 2.45) is 5.92 Å². The number of anilines is 1. The van der Waals surface area contributed by atoms with Gasteiger partial charge in [-0.3, -0.25) is 0 Å². The maximum Gasteiger partial charge on any atom is 0.0494 e. The van der Waals surface area contributed by atoms with E-state index in [2.05, 4.69) is 11.9 Å². The van der Waals surface area contributed by atoms with E-state index in [9.17, 15) is 0 Å². The molecule has 0 unspecified atom stereocenters. The minimum atomic E-state index is 0.518. The maximum absolute atomic E-state index is 6.07. The number of nitrogens with zero attached hydrogens (tertiary/aromatic N) is 1. The monoisotopic (exact) mass is 287 g/mol. The number of halogens is 2. The number of rotatable bonds is 4. The molecule has 1 aliphatic rings. The third-order valence-electron chi connectivity index (χ3n) is 3.48. The molecule has 2 rings (SSSR count). The Kier molecular flexibility index (Phi) is 5.16. The number of ether oxygens (including phenoxy) is 1. The van der Waals surface area contributed by atoms with Gasteiger partial charge in [-0.15, -0.1) is 11.6 Å². The standard InChI is InChI=1S/C14H19Cl2NO/c1-17(10-11-4-6-18-7-5-11)14-8-13(16)3-2-12(14)9-15/h2-3,8,11H,4-7,9-10H2,1H3.